The summed E-state index contributed by atoms with van der Waals surface area (Å²) in [5.74, 6) is 0. The first-order valence-electron chi connectivity index (χ1n) is 5.94. The monoisotopic (exact) mass is 363 g/mol. The zero-order valence-corrected chi connectivity index (χ0v) is 12.5. The van der Waals surface area contributed by atoms with E-state index in [-0.39, 0.29) is 0 Å². The van der Waals surface area contributed by atoms with Gasteiger partial charge in [-0.1, -0.05) is 25.5 Å². The second-order valence-electron chi connectivity index (χ2n) is 4.12. The highest BCUT2D eigenvalue weighted by Gasteiger charge is 2.23. The topological polar surface area (TPSA) is 72.5 Å². The molecular weight excluding hydrogens is 345 g/mol. The summed E-state index contributed by atoms with van der Waals surface area (Å²) in [4.78, 5) is 10.9. The van der Waals surface area contributed by atoms with E-state index >= 15 is 0 Å². The fourth-order valence-corrected chi connectivity index (χ4v) is 2.31. The summed E-state index contributed by atoms with van der Waals surface area (Å²) in [5, 5.41) is 10.2. The van der Waals surface area contributed by atoms with Crippen molar-refractivity contribution in [3.8, 4) is 0 Å². The van der Waals surface area contributed by atoms with Crippen molar-refractivity contribution < 1.29 is 14.6 Å². The van der Waals surface area contributed by atoms with Crippen LogP contribution in [-0.4, -0.2) is 17.3 Å². The van der Waals surface area contributed by atoms with E-state index in [1.54, 1.807) is 0 Å². The molecule has 100 valence electrons. The van der Waals surface area contributed by atoms with Crippen molar-refractivity contribution in [1.82, 2.24) is 0 Å². The van der Waals surface area contributed by atoms with Crippen LogP contribution in [0.4, 0.5) is 4.79 Å². The van der Waals surface area contributed by atoms with E-state index in [9.17, 15) is 9.90 Å². The SMILES string of the molecule is CCCC[C@@H](OC(N)=O)[C@H](O)c1cccc(I)c1. The van der Waals surface area contributed by atoms with Crippen molar-refractivity contribution in [2.45, 2.75) is 38.4 Å². The van der Waals surface area contributed by atoms with Crippen LogP contribution >= 0.6 is 22.6 Å². The van der Waals surface area contributed by atoms with Crippen LogP contribution in [0.5, 0.6) is 0 Å². The van der Waals surface area contributed by atoms with Crippen LogP contribution in [-0.2, 0) is 4.74 Å². The quantitative estimate of drug-likeness (QED) is 0.764. The molecule has 0 bridgehead atoms. The highest BCUT2D eigenvalue weighted by Crippen LogP contribution is 2.24. The number of carbonyl (C=O) groups is 1. The van der Waals surface area contributed by atoms with Gasteiger partial charge in [-0.15, -0.1) is 0 Å². The number of unbranched alkanes of at least 4 members (excludes halogenated alkanes) is 1. The summed E-state index contributed by atoms with van der Waals surface area (Å²) < 4.78 is 6.02. The van der Waals surface area contributed by atoms with Gasteiger partial charge in [0.15, 0.2) is 0 Å². The predicted octanol–water partition coefficient (Wildman–Crippen LogP) is 2.98. The van der Waals surface area contributed by atoms with Gasteiger partial charge in [-0.2, -0.15) is 0 Å². The van der Waals surface area contributed by atoms with Gasteiger partial charge in [0.1, 0.15) is 12.2 Å². The van der Waals surface area contributed by atoms with Crippen LogP contribution in [0.25, 0.3) is 0 Å². The Morgan fingerprint density at radius 3 is 2.83 bits per heavy atom. The molecule has 0 unspecified atom stereocenters. The standard InChI is InChI=1S/C13H18INO3/c1-2-3-7-11(18-13(15)17)12(16)9-5-4-6-10(14)8-9/h4-6,8,11-12,16H,2-3,7H2,1H3,(H2,15,17)/t11-,12-/m1/s1. The second kappa shape index (κ2) is 7.58. The average molecular weight is 363 g/mol. The maximum atomic E-state index is 10.9. The number of halogens is 1. The molecule has 0 saturated heterocycles. The number of carbonyl (C=O) groups excluding carboxylic acids is 1. The van der Waals surface area contributed by atoms with Crippen molar-refractivity contribution >= 4 is 28.7 Å². The summed E-state index contributed by atoms with van der Waals surface area (Å²) in [5.41, 5.74) is 5.78. The first-order chi connectivity index (χ1) is 8.54. The maximum absolute atomic E-state index is 10.9. The first kappa shape index (κ1) is 15.2. The van der Waals surface area contributed by atoms with Crippen LogP contribution in [0.15, 0.2) is 24.3 Å². The minimum atomic E-state index is -0.846. The molecular formula is C13H18INO3. The molecule has 0 spiro atoms. The molecule has 0 radical (unpaired) electrons. The number of hydrogen-bond acceptors (Lipinski definition) is 3. The lowest BCUT2D eigenvalue weighted by molar-refractivity contribution is -0.000322. The fraction of sp³-hybridized carbons (Fsp3) is 0.462. The summed E-state index contributed by atoms with van der Waals surface area (Å²) >= 11 is 2.17. The molecule has 0 aliphatic heterocycles. The van der Waals surface area contributed by atoms with Crippen molar-refractivity contribution in [2.75, 3.05) is 0 Å². The summed E-state index contributed by atoms with van der Waals surface area (Å²) in [6, 6.07) is 7.49. The minimum absolute atomic E-state index is 0.583. The third-order valence-corrected chi connectivity index (χ3v) is 3.32. The molecule has 2 atom stereocenters. The molecule has 0 saturated carbocycles. The molecule has 3 N–H and O–H groups in total. The average Bonchev–Trinajstić information content (AvgIpc) is 2.33. The highest BCUT2D eigenvalue weighted by atomic mass is 127. The Morgan fingerprint density at radius 2 is 2.28 bits per heavy atom. The predicted molar refractivity (Wildman–Crippen MR) is 78.1 cm³/mol. The molecule has 0 fully saturated rings. The minimum Gasteiger partial charge on any atom is -0.443 e. The van der Waals surface area contributed by atoms with E-state index in [1.807, 2.05) is 31.2 Å². The number of nitrogens with two attached hydrogens (primary N) is 1. The van der Waals surface area contributed by atoms with E-state index in [4.69, 9.17) is 10.5 Å². The summed E-state index contributed by atoms with van der Waals surface area (Å²) in [6.45, 7) is 2.04. The van der Waals surface area contributed by atoms with Gasteiger partial charge in [-0.3, -0.25) is 0 Å². The van der Waals surface area contributed by atoms with Gasteiger partial charge in [-0.05, 0) is 53.1 Å². The van der Waals surface area contributed by atoms with Crippen LogP contribution in [0.3, 0.4) is 0 Å². The van der Waals surface area contributed by atoms with E-state index in [0.717, 1.165) is 22.0 Å². The molecule has 0 aliphatic carbocycles. The number of aliphatic hydroxyl groups is 1. The molecule has 5 heteroatoms. The molecule has 1 rings (SSSR count). The summed E-state index contributed by atoms with van der Waals surface area (Å²) in [6.07, 6.45) is 0.183. The number of primary amides is 1. The Kier molecular flexibility index (Phi) is 6.42. The molecule has 0 heterocycles. The second-order valence-corrected chi connectivity index (χ2v) is 5.36. The third-order valence-electron chi connectivity index (χ3n) is 2.65. The molecule has 1 aromatic carbocycles. The smallest absolute Gasteiger partial charge is 0.404 e. The van der Waals surface area contributed by atoms with Gasteiger partial charge in [0.25, 0.3) is 0 Å². The Balaban J connectivity index is 2.79. The Morgan fingerprint density at radius 1 is 1.56 bits per heavy atom. The van der Waals surface area contributed by atoms with Gasteiger partial charge in [0.2, 0.25) is 0 Å². The van der Waals surface area contributed by atoms with Crippen LogP contribution in [0, 0.1) is 3.57 Å². The molecule has 0 aliphatic rings. The van der Waals surface area contributed by atoms with Gasteiger partial charge < -0.3 is 15.6 Å². The van der Waals surface area contributed by atoms with Gasteiger partial charge in [0.05, 0.1) is 0 Å². The van der Waals surface area contributed by atoms with Gasteiger partial charge in [-0.25, -0.2) is 4.79 Å². The van der Waals surface area contributed by atoms with E-state index in [1.165, 1.54) is 0 Å². The Hall–Kier alpha value is -0.820. The van der Waals surface area contributed by atoms with Crippen LogP contribution in [0.2, 0.25) is 0 Å². The zero-order chi connectivity index (χ0) is 13.5. The fourth-order valence-electron chi connectivity index (χ4n) is 1.74. The lowest BCUT2D eigenvalue weighted by Gasteiger charge is -2.22. The number of hydrogen-bond donors (Lipinski definition) is 2. The number of ether oxygens (including phenoxy) is 1. The van der Waals surface area contributed by atoms with E-state index in [0.29, 0.717) is 6.42 Å². The Labute approximate surface area is 121 Å². The Bertz CT molecular complexity index is 398. The zero-order valence-electron chi connectivity index (χ0n) is 10.3. The van der Waals surface area contributed by atoms with Crippen molar-refractivity contribution in [1.29, 1.82) is 0 Å². The van der Waals surface area contributed by atoms with Crippen molar-refractivity contribution in [2.24, 2.45) is 5.73 Å². The highest BCUT2D eigenvalue weighted by molar-refractivity contribution is 14.1. The lowest BCUT2D eigenvalue weighted by Crippen LogP contribution is -2.28. The van der Waals surface area contributed by atoms with Crippen LogP contribution < -0.4 is 5.73 Å². The van der Waals surface area contributed by atoms with Gasteiger partial charge in [0, 0.05) is 3.57 Å². The van der Waals surface area contributed by atoms with Crippen molar-refractivity contribution in [3.63, 3.8) is 0 Å². The first-order valence-corrected chi connectivity index (χ1v) is 7.02. The molecule has 0 aromatic heterocycles. The normalized spacial score (nSPS) is 13.9. The molecule has 18 heavy (non-hydrogen) atoms. The van der Waals surface area contributed by atoms with E-state index < -0.39 is 18.3 Å². The van der Waals surface area contributed by atoms with Crippen molar-refractivity contribution in [3.05, 3.63) is 33.4 Å². The largest absolute Gasteiger partial charge is 0.443 e. The lowest BCUT2D eigenvalue weighted by atomic mass is 10.0. The number of benzene rings is 1. The van der Waals surface area contributed by atoms with Gasteiger partial charge >= 0.3 is 6.09 Å². The maximum Gasteiger partial charge on any atom is 0.404 e. The summed E-state index contributed by atoms with van der Waals surface area (Å²) in [7, 11) is 0. The molecule has 1 amide bonds. The third kappa shape index (κ3) is 4.81. The number of rotatable bonds is 6. The molecule has 4 nitrogen and oxygen atoms in total. The number of aliphatic hydroxyl groups excluding tert-OH is 1. The van der Waals surface area contributed by atoms with E-state index in [2.05, 4.69) is 22.6 Å². The number of amides is 1. The molecule has 1 aromatic rings. The van der Waals surface area contributed by atoms with Crippen LogP contribution in [0.1, 0.15) is 37.9 Å².